The van der Waals surface area contributed by atoms with E-state index in [0.717, 1.165) is 5.32 Å². The molecule has 0 aromatic heterocycles. The average molecular weight is 201 g/mol. The summed E-state index contributed by atoms with van der Waals surface area (Å²) in [6, 6.07) is 10.3. The summed E-state index contributed by atoms with van der Waals surface area (Å²) in [6.07, 6.45) is 6.72. The van der Waals surface area contributed by atoms with Crippen molar-refractivity contribution in [3.05, 3.63) is 36.8 Å². The summed E-state index contributed by atoms with van der Waals surface area (Å²) in [5.74, 6) is 2.39. The molecule has 50 valence electrons. The van der Waals surface area contributed by atoms with Crippen molar-refractivity contribution in [1.29, 1.82) is 0 Å². The van der Waals surface area contributed by atoms with Crippen molar-refractivity contribution in [3.63, 3.8) is 0 Å². The van der Waals surface area contributed by atoms with E-state index >= 15 is 0 Å². The fourth-order valence-corrected chi connectivity index (χ4v) is 1.87. The molecule has 0 radical (unpaired) electrons. The van der Waals surface area contributed by atoms with Crippen molar-refractivity contribution in [2.45, 2.75) is 5.32 Å². The molecule has 0 amide bonds. The van der Waals surface area contributed by atoms with Gasteiger partial charge in [0.25, 0.3) is 0 Å². The topological polar surface area (TPSA) is 0 Å². The average Bonchev–Trinajstić information content (AvgIpc) is 2.03. The molecule has 0 unspecified atom stereocenters. The molecule has 0 aliphatic rings. The molecule has 11 heavy (non-hydrogen) atoms. The van der Waals surface area contributed by atoms with Crippen molar-refractivity contribution in [2.24, 2.45) is 0 Å². The minimum absolute atomic E-state index is 0. The largest absolute Gasteiger partial charge is 1.00 e. The minimum atomic E-state index is 0. The van der Waals surface area contributed by atoms with E-state index in [2.05, 4.69) is 18.1 Å². The van der Waals surface area contributed by atoms with Crippen molar-refractivity contribution in [3.8, 4) is 5.92 Å². The van der Waals surface area contributed by atoms with Crippen molar-refractivity contribution in [2.75, 3.05) is 0 Å². The van der Waals surface area contributed by atoms with Gasteiger partial charge in [0, 0.05) is 0 Å². The van der Waals surface area contributed by atoms with Gasteiger partial charge in [-0.1, -0.05) is 0 Å². The maximum Gasteiger partial charge on any atom is 1.00 e. The number of benzene rings is 1. The summed E-state index contributed by atoms with van der Waals surface area (Å²) in [6.45, 7) is 0. The Morgan fingerprint density at radius 1 is 1.27 bits per heavy atom. The van der Waals surface area contributed by atoms with Crippen LogP contribution in [0.15, 0.2) is 30.3 Å². The third kappa shape index (κ3) is 4.36. The monoisotopic (exact) mass is 202 g/mol. The Labute approximate surface area is 86.1 Å². The second-order valence-corrected chi connectivity index (χ2v) is 3.98. The summed E-state index contributed by atoms with van der Waals surface area (Å²) in [4.78, 5) is 0. The van der Waals surface area contributed by atoms with Crippen molar-refractivity contribution in [1.82, 2.24) is 0 Å². The second-order valence-electron chi connectivity index (χ2n) is 1.78. The van der Waals surface area contributed by atoms with Crippen LogP contribution in [-0.4, -0.2) is 15.0 Å². The van der Waals surface area contributed by atoms with E-state index in [4.69, 9.17) is 6.42 Å². The maximum absolute atomic E-state index is 6.72. The summed E-state index contributed by atoms with van der Waals surface area (Å²) < 4.78 is 1.34. The summed E-state index contributed by atoms with van der Waals surface area (Å²) in [7, 11) is 0. The van der Waals surface area contributed by atoms with Gasteiger partial charge in [0.2, 0.25) is 0 Å². The molecular formula is C9H7LiSe. The first-order chi connectivity index (χ1) is 4.93. The molecule has 2 heteroatoms. The normalized spacial score (nSPS) is 7.91. The van der Waals surface area contributed by atoms with Gasteiger partial charge in [0.15, 0.2) is 0 Å². The van der Waals surface area contributed by atoms with Gasteiger partial charge in [-0.25, -0.2) is 0 Å². The first-order valence-electron chi connectivity index (χ1n) is 3.01. The molecule has 0 aliphatic heterocycles. The molecule has 0 bridgehead atoms. The zero-order chi connectivity index (χ0) is 7.23. The zero-order valence-electron chi connectivity index (χ0n) is 6.50. The SMILES string of the molecule is [C-]#CC[Se]c1ccccc1.[Li+]. The van der Waals surface area contributed by atoms with Gasteiger partial charge in [-0.15, -0.1) is 0 Å². The third-order valence-electron chi connectivity index (χ3n) is 1.05. The van der Waals surface area contributed by atoms with E-state index in [-0.39, 0.29) is 18.9 Å². The van der Waals surface area contributed by atoms with E-state index in [1.165, 1.54) is 4.46 Å². The molecule has 1 aromatic carbocycles. The number of rotatable bonds is 2. The molecule has 0 spiro atoms. The van der Waals surface area contributed by atoms with Crippen LogP contribution in [0.1, 0.15) is 0 Å². The quantitative estimate of drug-likeness (QED) is 0.296. The van der Waals surface area contributed by atoms with Crippen molar-refractivity contribution < 1.29 is 18.9 Å². The van der Waals surface area contributed by atoms with E-state index in [9.17, 15) is 0 Å². The molecule has 0 saturated heterocycles. The van der Waals surface area contributed by atoms with E-state index in [1.807, 2.05) is 18.2 Å². The van der Waals surface area contributed by atoms with Gasteiger partial charge in [-0.05, 0) is 0 Å². The molecule has 0 N–H and O–H groups in total. The Kier molecular flexibility index (Phi) is 6.54. The first kappa shape index (κ1) is 10.9. The van der Waals surface area contributed by atoms with Crippen LogP contribution in [-0.2, 0) is 0 Å². The predicted molar refractivity (Wildman–Crippen MR) is 43.8 cm³/mol. The van der Waals surface area contributed by atoms with Crippen LogP contribution in [0.5, 0.6) is 0 Å². The second kappa shape index (κ2) is 6.60. The Morgan fingerprint density at radius 3 is 2.45 bits per heavy atom. The van der Waals surface area contributed by atoms with Gasteiger partial charge >= 0.3 is 86.3 Å². The molecule has 1 rings (SSSR count). The van der Waals surface area contributed by atoms with Crippen LogP contribution in [0.4, 0.5) is 0 Å². The van der Waals surface area contributed by atoms with Gasteiger partial charge < -0.3 is 0 Å². The van der Waals surface area contributed by atoms with E-state index in [0.29, 0.717) is 15.0 Å². The number of hydrogen-bond donors (Lipinski definition) is 0. The van der Waals surface area contributed by atoms with Crippen LogP contribution < -0.4 is 23.3 Å². The predicted octanol–water partition coefficient (Wildman–Crippen LogP) is -1.97. The van der Waals surface area contributed by atoms with Crippen LogP contribution in [0.25, 0.3) is 0 Å². The van der Waals surface area contributed by atoms with Gasteiger partial charge in [-0.2, -0.15) is 0 Å². The Hall–Kier alpha value is -0.103. The van der Waals surface area contributed by atoms with E-state index < -0.39 is 0 Å². The molecule has 0 saturated carbocycles. The van der Waals surface area contributed by atoms with Crippen LogP contribution >= 0.6 is 0 Å². The molecule has 1 aromatic rings. The Morgan fingerprint density at radius 2 is 1.91 bits per heavy atom. The zero-order valence-corrected chi connectivity index (χ0v) is 8.22. The standard InChI is InChI=1S/C9H7Se.Li/c1-2-8-10-9-6-4-3-5-7-9;/h3-7H,8H2;/q-1;+1. The van der Waals surface area contributed by atoms with Crippen LogP contribution in [0, 0.1) is 12.3 Å². The molecule has 0 fully saturated rings. The fourth-order valence-electron chi connectivity index (χ4n) is 0.636. The maximum atomic E-state index is 6.72. The summed E-state index contributed by atoms with van der Waals surface area (Å²) in [5.41, 5.74) is 0. The Balaban J connectivity index is 0.000001000. The third-order valence-corrected chi connectivity index (χ3v) is 2.93. The van der Waals surface area contributed by atoms with Crippen LogP contribution in [0.2, 0.25) is 5.32 Å². The fraction of sp³-hybridized carbons (Fsp3) is 0.111. The van der Waals surface area contributed by atoms with Crippen LogP contribution in [0.3, 0.4) is 0 Å². The van der Waals surface area contributed by atoms with E-state index in [1.54, 1.807) is 0 Å². The molecule has 0 nitrogen and oxygen atoms in total. The summed E-state index contributed by atoms with van der Waals surface area (Å²) in [5, 5.41) is 0.789. The minimum Gasteiger partial charge on any atom is 1.00 e. The Bertz CT molecular complexity index is 225. The summed E-state index contributed by atoms with van der Waals surface area (Å²) >= 11 is 0.420. The van der Waals surface area contributed by atoms with Crippen molar-refractivity contribution >= 4 is 19.4 Å². The number of hydrogen-bond acceptors (Lipinski definition) is 0. The first-order valence-corrected chi connectivity index (χ1v) is 5.07. The van der Waals surface area contributed by atoms with Gasteiger partial charge in [0.05, 0.1) is 0 Å². The molecule has 0 atom stereocenters. The molecule has 0 heterocycles. The molecule has 0 aliphatic carbocycles. The van der Waals surface area contributed by atoms with Gasteiger partial charge in [0.1, 0.15) is 0 Å². The smallest absolute Gasteiger partial charge is 1.00 e. The molecular weight excluding hydrogens is 194 g/mol. The van der Waals surface area contributed by atoms with Gasteiger partial charge in [-0.3, -0.25) is 0 Å².